The van der Waals surface area contributed by atoms with Crippen molar-refractivity contribution in [3.63, 3.8) is 0 Å². The molecule has 0 fully saturated rings. The van der Waals surface area contributed by atoms with Crippen LogP contribution in [-0.4, -0.2) is 21.5 Å². The molecule has 1 atom stereocenters. The van der Waals surface area contributed by atoms with E-state index in [1.807, 2.05) is 11.5 Å². The van der Waals surface area contributed by atoms with Gasteiger partial charge in [-0.1, -0.05) is 26.7 Å². The molecule has 3 rings (SSSR count). The number of hydrogen-bond acceptors (Lipinski definition) is 3. The largest absolute Gasteiger partial charge is 0.349 e. The van der Waals surface area contributed by atoms with Crippen LogP contribution in [0.5, 0.6) is 0 Å². The van der Waals surface area contributed by atoms with Gasteiger partial charge >= 0.3 is 0 Å². The van der Waals surface area contributed by atoms with Gasteiger partial charge in [0.2, 0.25) is 0 Å². The highest BCUT2D eigenvalue weighted by molar-refractivity contribution is 5.97. The fourth-order valence-corrected chi connectivity index (χ4v) is 3.19. The van der Waals surface area contributed by atoms with Gasteiger partial charge in [-0.3, -0.25) is 14.2 Å². The molecular weight excluding hydrogens is 314 g/mol. The Morgan fingerprint density at radius 3 is 2.68 bits per heavy atom. The minimum atomic E-state index is -0.114. The van der Waals surface area contributed by atoms with Crippen LogP contribution in [0.2, 0.25) is 0 Å². The van der Waals surface area contributed by atoms with E-state index in [0.29, 0.717) is 22.4 Å². The van der Waals surface area contributed by atoms with Crippen LogP contribution in [0.15, 0.2) is 23.0 Å². The van der Waals surface area contributed by atoms with Crippen molar-refractivity contribution in [2.24, 2.45) is 5.92 Å². The van der Waals surface area contributed by atoms with Gasteiger partial charge < -0.3 is 5.32 Å². The van der Waals surface area contributed by atoms with Gasteiger partial charge in [-0.25, -0.2) is 4.98 Å². The van der Waals surface area contributed by atoms with Crippen molar-refractivity contribution in [2.75, 3.05) is 0 Å². The van der Waals surface area contributed by atoms with E-state index in [-0.39, 0.29) is 17.5 Å². The summed E-state index contributed by atoms with van der Waals surface area (Å²) < 4.78 is 1.82. The molecule has 134 valence electrons. The van der Waals surface area contributed by atoms with Crippen LogP contribution in [-0.2, 0) is 13.0 Å². The number of nitrogens with one attached hydrogen (secondary N) is 1. The molecule has 0 saturated carbocycles. The summed E-state index contributed by atoms with van der Waals surface area (Å²) in [6, 6.07) is 5.31. The minimum absolute atomic E-state index is 0.0180. The third-order valence-corrected chi connectivity index (χ3v) is 5.19. The summed E-state index contributed by atoms with van der Waals surface area (Å²) in [5.41, 5.74) is 1.20. The number of benzene rings is 1. The number of nitrogens with zero attached hydrogens (tertiary/aromatic N) is 2. The Bertz CT molecular complexity index is 839. The van der Waals surface area contributed by atoms with Crippen LogP contribution < -0.4 is 10.9 Å². The number of rotatable bonds is 3. The molecule has 5 heteroatoms. The highest BCUT2D eigenvalue weighted by Crippen LogP contribution is 2.16. The molecule has 1 N–H and O–H groups in total. The monoisotopic (exact) mass is 341 g/mol. The average molecular weight is 341 g/mol. The lowest BCUT2D eigenvalue weighted by Gasteiger charge is -2.18. The molecule has 0 bridgehead atoms. The van der Waals surface area contributed by atoms with Crippen molar-refractivity contribution in [3.05, 3.63) is 39.9 Å². The Balaban J connectivity index is 1.99. The summed E-state index contributed by atoms with van der Waals surface area (Å²) in [5.74, 6) is 1.11. The number of aryl methyl sites for hydroxylation is 1. The SMILES string of the molecule is CC(C)[C@H](C)NC(=O)c1ccc2c(=O)n3c(nc2c1)CCCCCC3. The first-order valence-electron chi connectivity index (χ1n) is 9.31. The van der Waals surface area contributed by atoms with Gasteiger partial charge in [0.25, 0.3) is 11.5 Å². The maximum atomic E-state index is 12.8. The molecule has 1 aliphatic rings. The Morgan fingerprint density at radius 2 is 1.92 bits per heavy atom. The predicted octanol–water partition coefficient (Wildman–Crippen LogP) is 3.29. The van der Waals surface area contributed by atoms with E-state index in [0.717, 1.165) is 38.1 Å². The molecule has 0 unspecified atom stereocenters. The molecule has 5 nitrogen and oxygen atoms in total. The number of amides is 1. The second-order valence-corrected chi connectivity index (χ2v) is 7.39. The third kappa shape index (κ3) is 3.75. The molecule has 25 heavy (non-hydrogen) atoms. The van der Waals surface area contributed by atoms with Gasteiger partial charge in [-0.2, -0.15) is 0 Å². The highest BCUT2D eigenvalue weighted by atomic mass is 16.1. The van der Waals surface area contributed by atoms with Crippen LogP contribution in [0.25, 0.3) is 10.9 Å². The summed E-state index contributed by atoms with van der Waals surface area (Å²) in [7, 11) is 0. The van der Waals surface area contributed by atoms with Crippen molar-refractivity contribution in [1.29, 1.82) is 0 Å². The topological polar surface area (TPSA) is 64.0 Å². The first-order valence-corrected chi connectivity index (χ1v) is 9.31. The van der Waals surface area contributed by atoms with Gasteiger partial charge in [0.05, 0.1) is 10.9 Å². The maximum Gasteiger partial charge on any atom is 0.261 e. The summed E-state index contributed by atoms with van der Waals surface area (Å²) in [6.07, 6.45) is 5.25. The molecule has 0 radical (unpaired) electrons. The summed E-state index contributed by atoms with van der Waals surface area (Å²) >= 11 is 0. The average Bonchev–Trinajstić information content (AvgIpc) is 2.56. The molecular formula is C20H27N3O2. The molecule has 0 aliphatic carbocycles. The van der Waals surface area contributed by atoms with Crippen molar-refractivity contribution in [2.45, 2.75) is 65.5 Å². The van der Waals surface area contributed by atoms with Crippen LogP contribution in [0, 0.1) is 5.92 Å². The standard InChI is InChI=1S/C20H27N3O2/c1-13(2)14(3)21-19(24)15-9-10-16-17(12-15)22-18-8-6-4-5-7-11-23(18)20(16)25/h9-10,12-14H,4-8,11H2,1-3H3,(H,21,24)/t14-/m0/s1. The van der Waals surface area contributed by atoms with Crippen LogP contribution >= 0.6 is 0 Å². The summed E-state index contributed by atoms with van der Waals surface area (Å²) in [4.78, 5) is 30.0. The first-order chi connectivity index (χ1) is 12.0. The highest BCUT2D eigenvalue weighted by Gasteiger charge is 2.16. The lowest BCUT2D eigenvalue weighted by atomic mass is 10.1. The summed E-state index contributed by atoms with van der Waals surface area (Å²) in [5, 5.41) is 3.60. The third-order valence-electron chi connectivity index (χ3n) is 5.19. The summed E-state index contributed by atoms with van der Waals surface area (Å²) in [6.45, 7) is 6.89. The molecule has 2 heterocycles. The predicted molar refractivity (Wildman–Crippen MR) is 99.9 cm³/mol. The normalized spacial score (nSPS) is 16.2. The number of carbonyl (C=O) groups is 1. The molecule has 1 aromatic carbocycles. The van der Waals surface area contributed by atoms with E-state index in [1.165, 1.54) is 6.42 Å². The van der Waals surface area contributed by atoms with Crippen molar-refractivity contribution in [1.82, 2.24) is 14.9 Å². The molecule has 0 saturated heterocycles. The first kappa shape index (κ1) is 17.6. The zero-order valence-corrected chi connectivity index (χ0v) is 15.3. The quantitative estimate of drug-likeness (QED) is 0.932. The van der Waals surface area contributed by atoms with Crippen molar-refractivity contribution < 1.29 is 4.79 Å². The Kier molecular flexibility index (Phi) is 5.21. The van der Waals surface area contributed by atoms with Crippen molar-refractivity contribution >= 4 is 16.8 Å². The van der Waals surface area contributed by atoms with E-state index in [4.69, 9.17) is 4.98 Å². The van der Waals surface area contributed by atoms with E-state index in [2.05, 4.69) is 19.2 Å². The van der Waals surface area contributed by atoms with E-state index >= 15 is 0 Å². The number of fused-ring (bicyclic) bond motifs is 2. The number of aromatic nitrogens is 2. The van der Waals surface area contributed by atoms with Gasteiger partial charge in [0.1, 0.15) is 5.82 Å². The van der Waals surface area contributed by atoms with E-state index < -0.39 is 0 Å². The van der Waals surface area contributed by atoms with Crippen LogP contribution in [0.4, 0.5) is 0 Å². The minimum Gasteiger partial charge on any atom is -0.349 e. The van der Waals surface area contributed by atoms with Crippen LogP contribution in [0.1, 0.15) is 62.6 Å². The van der Waals surface area contributed by atoms with E-state index in [1.54, 1.807) is 18.2 Å². The smallest absolute Gasteiger partial charge is 0.261 e. The van der Waals surface area contributed by atoms with Gasteiger partial charge in [0.15, 0.2) is 0 Å². The van der Waals surface area contributed by atoms with Gasteiger partial charge in [-0.15, -0.1) is 0 Å². The number of hydrogen-bond donors (Lipinski definition) is 1. The maximum absolute atomic E-state index is 12.8. The molecule has 1 aromatic heterocycles. The Labute approximate surface area is 148 Å². The van der Waals surface area contributed by atoms with Gasteiger partial charge in [-0.05, 0) is 43.9 Å². The Hall–Kier alpha value is -2.17. The van der Waals surface area contributed by atoms with Gasteiger partial charge in [0, 0.05) is 24.6 Å². The fourth-order valence-electron chi connectivity index (χ4n) is 3.19. The number of carbonyl (C=O) groups excluding carboxylic acids is 1. The Morgan fingerprint density at radius 1 is 1.16 bits per heavy atom. The lowest BCUT2D eigenvalue weighted by Crippen LogP contribution is -2.36. The molecule has 0 spiro atoms. The molecule has 1 aliphatic heterocycles. The fraction of sp³-hybridized carbons (Fsp3) is 0.550. The molecule has 2 aromatic rings. The lowest BCUT2D eigenvalue weighted by molar-refractivity contribution is 0.0930. The van der Waals surface area contributed by atoms with Crippen molar-refractivity contribution in [3.8, 4) is 0 Å². The zero-order valence-electron chi connectivity index (χ0n) is 15.3. The zero-order chi connectivity index (χ0) is 18.0. The van der Waals surface area contributed by atoms with E-state index in [9.17, 15) is 9.59 Å². The molecule has 1 amide bonds. The van der Waals surface area contributed by atoms with Crippen LogP contribution in [0.3, 0.4) is 0 Å². The second kappa shape index (κ2) is 7.38. The second-order valence-electron chi connectivity index (χ2n) is 7.39.